The molecule has 0 bridgehead atoms. The number of allylic oxidation sites excluding steroid dienone is 1. The quantitative estimate of drug-likeness (QED) is 0.441. The first-order valence-electron chi connectivity index (χ1n) is 8.56. The van der Waals surface area contributed by atoms with Crippen LogP contribution < -0.4 is 14.8 Å². The minimum absolute atomic E-state index is 0. The van der Waals surface area contributed by atoms with Gasteiger partial charge < -0.3 is 14.8 Å². The van der Waals surface area contributed by atoms with E-state index in [0.29, 0.717) is 6.61 Å². The van der Waals surface area contributed by atoms with Crippen LogP contribution in [0.5, 0.6) is 11.5 Å². The zero-order valence-electron chi connectivity index (χ0n) is 15.4. The molecule has 0 amide bonds. The van der Waals surface area contributed by atoms with Crippen LogP contribution in [0.3, 0.4) is 0 Å². The van der Waals surface area contributed by atoms with E-state index in [1.165, 1.54) is 11.1 Å². The predicted molar refractivity (Wildman–Crippen MR) is 112 cm³/mol. The van der Waals surface area contributed by atoms with Crippen LogP contribution in [0.1, 0.15) is 23.6 Å². The Hall–Kier alpha value is -1.68. The van der Waals surface area contributed by atoms with Gasteiger partial charge in [0.05, 0.1) is 13.7 Å². The van der Waals surface area contributed by atoms with Crippen LogP contribution in [0.15, 0.2) is 49.1 Å². The van der Waals surface area contributed by atoms with Crippen molar-refractivity contribution in [1.82, 2.24) is 5.32 Å². The molecule has 0 unspecified atom stereocenters. The summed E-state index contributed by atoms with van der Waals surface area (Å²) in [5.74, 6) is 1.59. The van der Waals surface area contributed by atoms with Crippen molar-refractivity contribution in [2.75, 3.05) is 20.3 Å². The Bertz CT molecular complexity index is 687. The van der Waals surface area contributed by atoms with Gasteiger partial charge in [-0.15, -0.1) is 19.0 Å². The second-order valence-corrected chi connectivity index (χ2v) is 6.20. The molecule has 1 N–H and O–H groups in total. The van der Waals surface area contributed by atoms with Gasteiger partial charge in [-0.1, -0.05) is 35.9 Å². The Morgan fingerprint density at radius 1 is 1.15 bits per heavy atom. The number of rotatable bonds is 10. The van der Waals surface area contributed by atoms with Gasteiger partial charge in [-0.25, -0.2) is 0 Å². The maximum absolute atomic E-state index is 5.91. The average molecular weight is 396 g/mol. The summed E-state index contributed by atoms with van der Waals surface area (Å²) in [5, 5.41) is 4.25. The molecule has 0 fully saturated rings. The first kappa shape index (κ1) is 22.4. The van der Waals surface area contributed by atoms with Gasteiger partial charge >= 0.3 is 0 Å². The molecule has 5 heteroatoms. The molecule has 0 atom stereocenters. The van der Waals surface area contributed by atoms with Gasteiger partial charge in [0.1, 0.15) is 0 Å². The lowest BCUT2D eigenvalue weighted by Gasteiger charge is -2.16. The SMILES string of the molecule is C=CCc1cc(CNCCc2ccc(Cl)cc2)cc(OC)c1OCC.Cl. The Morgan fingerprint density at radius 3 is 2.50 bits per heavy atom. The monoisotopic (exact) mass is 395 g/mol. The third-order valence-electron chi connectivity index (χ3n) is 3.90. The number of benzene rings is 2. The summed E-state index contributed by atoms with van der Waals surface area (Å²) in [5.41, 5.74) is 3.55. The number of hydrogen-bond donors (Lipinski definition) is 1. The van der Waals surface area contributed by atoms with Crippen molar-refractivity contribution >= 4 is 24.0 Å². The molecule has 0 spiro atoms. The van der Waals surface area contributed by atoms with Crippen molar-refractivity contribution in [3.8, 4) is 11.5 Å². The highest BCUT2D eigenvalue weighted by atomic mass is 35.5. The summed E-state index contributed by atoms with van der Waals surface area (Å²) in [6, 6.07) is 12.2. The van der Waals surface area contributed by atoms with Gasteiger partial charge in [0.2, 0.25) is 0 Å². The van der Waals surface area contributed by atoms with Gasteiger partial charge in [-0.05, 0) is 55.6 Å². The van der Waals surface area contributed by atoms with E-state index < -0.39 is 0 Å². The molecule has 0 aliphatic heterocycles. The molecule has 0 saturated carbocycles. The molecule has 2 aromatic carbocycles. The summed E-state index contributed by atoms with van der Waals surface area (Å²) < 4.78 is 11.3. The van der Waals surface area contributed by atoms with E-state index in [1.807, 2.05) is 31.2 Å². The molecule has 0 aliphatic carbocycles. The molecular formula is C21H27Cl2NO2. The molecule has 0 aliphatic rings. The molecule has 3 nitrogen and oxygen atoms in total. The molecule has 26 heavy (non-hydrogen) atoms. The summed E-state index contributed by atoms with van der Waals surface area (Å²) in [7, 11) is 1.67. The number of ether oxygens (including phenoxy) is 2. The topological polar surface area (TPSA) is 30.5 Å². The lowest BCUT2D eigenvalue weighted by molar-refractivity contribution is 0.308. The van der Waals surface area contributed by atoms with Crippen molar-refractivity contribution in [3.05, 3.63) is 70.8 Å². The lowest BCUT2D eigenvalue weighted by atomic mass is 10.1. The maximum Gasteiger partial charge on any atom is 0.164 e. The number of halogens is 2. The summed E-state index contributed by atoms with van der Waals surface area (Å²) in [6.45, 7) is 8.10. The molecule has 142 valence electrons. The van der Waals surface area contributed by atoms with E-state index in [9.17, 15) is 0 Å². The van der Waals surface area contributed by atoms with Gasteiger partial charge in [0.25, 0.3) is 0 Å². The second-order valence-electron chi connectivity index (χ2n) is 5.77. The molecule has 0 saturated heterocycles. The third-order valence-corrected chi connectivity index (χ3v) is 4.15. The lowest BCUT2D eigenvalue weighted by Crippen LogP contribution is -2.17. The normalized spacial score (nSPS) is 10.1. The van der Waals surface area contributed by atoms with Crippen molar-refractivity contribution in [2.24, 2.45) is 0 Å². The van der Waals surface area contributed by atoms with Crippen LogP contribution in [-0.2, 0) is 19.4 Å². The fourth-order valence-electron chi connectivity index (χ4n) is 2.71. The van der Waals surface area contributed by atoms with Crippen molar-refractivity contribution in [1.29, 1.82) is 0 Å². The molecule has 0 aromatic heterocycles. The van der Waals surface area contributed by atoms with Crippen LogP contribution in [0.25, 0.3) is 0 Å². The highest BCUT2D eigenvalue weighted by Crippen LogP contribution is 2.33. The van der Waals surface area contributed by atoms with Crippen LogP contribution in [0.2, 0.25) is 5.02 Å². The van der Waals surface area contributed by atoms with E-state index in [-0.39, 0.29) is 12.4 Å². The summed E-state index contributed by atoms with van der Waals surface area (Å²) in [6.07, 6.45) is 3.60. The minimum Gasteiger partial charge on any atom is -0.493 e. The summed E-state index contributed by atoms with van der Waals surface area (Å²) >= 11 is 5.91. The molecule has 2 aromatic rings. The predicted octanol–water partition coefficient (Wildman–Crippen LogP) is 5.23. The zero-order chi connectivity index (χ0) is 18.1. The minimum atomic E-state index is 0. The maximum atomic E-state index is 5.91. The van der Waals surface area contributed by atoms with E-state index >= 15 is 0 Å². The van der Waals surface area contributed by atoms with E-state index in [2.05, 4.69) is 30.1 Å². The molecule has 0 heterocycles. The standard InChI is InChI=1S/C21H26ClNO2.ClH/c1-4-6-18-13-17(14-20(24-3)21(18)25-5-2)15-23-12-11-16-7-9-19(22)10-8-16;/h4,7-10,13-14,23H,1,5-6,11-12,15H2,2-3H3;1H. The average Bonchev–Trinajstić information content (AvgIpc) is 2.62. The highest BCUT2D eigenvalue weighted by Gasteiger charge is 2.12. The molecule has 2 rings (SSSR count). The Kier molecular flexibility index (Phi) is 10.2. The second kappa shape index (κ2) is 11.8. The Labute approximate surface area is 167 Å². The first-order chi connectivity index (χ1) is 12.2. The highest BCUT2D eigenvalue weighted by molar-refractivity contribution is 6.30. The van der Waals surface area contributed by atoms with Crippen molar-refractivity contribution in [3.63, 3.8) is 0 Å². The van der Waals surface area contributed by atoms with Crippen molar-refractivity contribution < 1.29 is 9.47 Å². The van der Waals surface area contributed by atoms with Crippen molar-refractivity contribution in [2.45, 2.75) is 26.3 Å². The fourth-order valence-corrected chi connectivity index (χ4v) is 2.83. The van der Waals surface area contributed by atoms with Crippen LogP contribution >= 0.6 is 24.0 Å². The Morgan fingerprint density at radius 2 is 1.88 bits per heavy atom. The van der Waals surface area contributed by atoms with E-state index in [4.69, 9.17) is 21.1 Å². The van der Waals surface area contributed by atoms with Crippen LogP contribution in [0.4, 0.5) is 0 Å². The Balaban J connectivity index is 0.00000338. The van der Waals surface area contributed by atoms with Crippen LogP contribution in [-0.4, -0.2) is 20.3 Å². The largest absolute Gasteiger partial charge is 0.493 e. The van der Waals surface area contributed by atoms with Crippen LogP contribution in [0, 0.1) is 0 Å². The van der Waals surface area contributed by atoms with Gasteiger partial charge in [-0.2, -0.15) is 0 Å². The zero-order valence-corrected chi connectivity index (χ0v) is 17.0. The number of hydrogen-bond acceptors (Lipinski definition) is 3. The third kappa shape index (κ3) is 6.56. The molecule has 0 radical (unpaired) electrons. The fraction of sp³-hybridized carbons (Fsp3) is 0.333. The summed E-state index contributed by atoms with van der Waals surface area (Å²) in [4.78, 5) is 0. The smallest absolute Gasteiger partial charge is 0.164 e. The van der Waals surface area contributed by atoms with Gasteiger partial charge in [0.15, 0.2) is 11.5 Å². The van der Waals surface area contributed by atoms with Gasteiger partial charge in [-0.3, -0.25) is 0 Å². The van der Waals surface area contributed by atoms with E-state index in [1.54, 1.807) is 7.11 Å². The molecular weight excluding hydrogens is 369 g/mol. The number of methoxy groups -OCH3 is 1. The van der Waals surface area contributed by atoms with E-state index in [0.717, 1.165) is 48.0 Å². The number of nitrogens with one attached hydrogen (secondary N) is 1. The van der Waals surface area contributed by atoms with Gasteiger partial charge in [0, 0.05) is 17.1 Å². The first-order valence-corrected chi connectivity index (χ1v) is 8.94.